The lowest BCUT2D eigenvalue weighted by molar-refractivity contribution is 0.0357. The van der Waals surface area contributed by atoms with Gasteiger partial charge >= 0.3 is 0 Å². The largest absolute Gasteiger partial charge is 0.493 e. The lowest BCUT2D eigenvalue weighted by Gasteiger charge is -2.26. The summed E-state index contributed by atoms with van der Waals surface area (Å²) in [5.74, 6) is 1.74. The van der Waals surface area contributed by atoms with E-state index in [0.29, 0.717) is 34.8 Å². The molecule has 2 heterocycles. The van der Waals surface area contributed by atoms with Crippen LogP contribution in [-0.4, -0.2) is 61.4 Å². The van der Waals surface area contributed by atoms with Crippen molar-refractivity contribution in [3.05, 3.63) is 28.3 Å². The number of aromatic nitrogens is 2. The Kier molecular flexibility index (Phi) is 5.32. The lowest BCUT2D eigenvalue weighted by atomic mass is 10.2. The van der Waals surface area contributed by atoms with Crippen LogP contribution in [0.15, 0.2) is 16.9 Å². The number of benzene rings is 1. The second-order valence-electron chi connectivity index (χ2n) is 5.83. The molecule has 0 bridgehead atoms. The van der Waals surface area contributed by atoms with Gasteiger partial charge in [-0.25, -0.2) is 4.98 Å². The van der Waals surface area contributed by atoms with Gasteiger partial charge in [-0.15, -0.1) is 0 Å². The molecule has 1 saturated heterocycles. The molecule has 0 atom stereocenters. The molecule has 3 rings (SSSR count). The summed E-state index contributed by atoms with van der Waals surface area (Å²) in [4.78, 5) is 21.4. The van der Waals surface area contributed by atoms with Crippen molar-refractivity contribution in [2.45, 2.75) is 13.3 Å². The van der Waals surface area contributed by atoms with Gasteiger partial charge in [0, 0.05) is 25.7 Å². The summed E-state index contributed by atoms with van der Waals surface area (Å²) >= 11 is 0. The molecule has 24 heavy (non-hydrogen) atoms. The van der Waals surface area contributed by atoms with Gasteiger partial charge in [0.1, 0.15) is 5.82 Å². The molecule has 0 aliphatic carbocycles. The van der Waals surface area contributed by atoms with Crippen molar-refractivity contribution in [2.24, 2.45) is 0 Å². The summed E-state index contributed by atoms with van der Waals surface area (Å²) < 4.78 is 16.6. The molecular weight excluding hydrogens is 310 g/mol. The van der Waals surface area contributed by atoms with Crippen LogP contribution in [0.3, 0.4) is 0 Å². The minimum absolute atomic E-state index is 0.172. The zero-order valence-corrected chi connectivity index (χ0v) is 14.1. The van der Waals surface area contributed by atoms with Crippen molar-refractivity contribution < 1.29 is 14.2 Å². The number of nitrogens with zero attached hydrogens (tertiary/aromatic N) is 2. The highest BCUT2D eigenvalue weighted by Crippen LogP contribution is 2.30. The van der Waals surface area contributed by atoms with Crippen molar-refractivity contribution in [2.75, 3.05) is 46.6 Å². The van der Waals surface area contributed by atoms with E-state index in [9.17, 15) is 4.79 Å². The molecule has 0 saturated carbocycles. The van der Waals surface area contributed by atoms with E-state index in [1.54, 1.807) is 26.2 Å². The van der Waals surface area contributed by atoms with Crippen LogP contribution in [0.25, 0.3) is 10.9 Å². The number of hydrogen-bond donors (Lipinski definition) is 1. The fourth-order valence-corrected chi connectivity index (χ4v) is 2.83. The van der Waals surface area contributed by atoms with Crippen LogP contribution in [0.4, 0.5) is 0 Å². The van der Waals surface area contributed by atoms with Gasteiger partial charge in [-0.1, -0.05) is 0 Å². The van der Waals surface area contributed by atoms with Crippen LogP contribution >= 0.6 is 0 Å². The molecule has 2 aromatic rings. The Morgan fingerprint density at radius 2 is 2.08 bits per heavy atom. The Balaban J connectivity index is 1.67. The minimum Gasteiger partial charge on any atom is -0.493 e. The highest BCUT2D eigenvalue weighted by Gasteiger charge is 2.12. The van der Waals surface area contributed by atoms with Gasteiger partial charge in [-0.05, 0) is 19.4 Å². The third-order valence-corrected chi connectivity index (χ3v) is 4.09. The fourth-order valence-electron chi connectivity index (χ4n) is 2.83. The van der Waals surface area contributed by atoms with E-state index in [0.717, 1.165) is 39.3 Å². The zero-order chi connectivity index (χ0) is 16.9. The molecular formula is C17H23N3O4. The SMILES string of the molecule is COc1cc2c(=O)[nH]c(C)nc2cc1OCCCN1CCOCC1. The molecule has 1 aromatic heterocycles. The quantitative estimate of drug-likeness (QED) is 0.804. The third kappa shape index (κ3) is 3.85. The van der Waals surface area contributed by atoms with Gasteiger partial charge in [-0.3, -0.25) is 9.69 Å². The van der Waals surface area contributed by atoms with Crippen molar-refractivity contribution in [1.29, 1.82) is 0 Å². The fraction of sp³-hybridized carbons (Fsp3) is 0.529. The molecule has 7 nitrogen and oxygen atoms in total. The monoisotopic (exact) mass is 333 g/mol. The second-order valence-corrected chi connectivity index (χ2v) is 5.83. The van der Waals surface area contributed by atoms with E-state index in [1.165, 1.54) is 0 Å². The van der Waals surface area contributed by atoms with E-state index in [2.05, 4.69) is 14.9 Å². The number of hydrogen-bond acceptors (Lipinski definition) is 6. The van der Waals surface area contributed by atoms with E-state index < -0.39 is 0 Å². The van der Waals surface area contributed by atoms with E-state index in [-0.39, 0.29) is 5.56 Å². The predicted molar refractivity (Wildman–Crippen MR) is 91.0 cm³/mol. The molecule has 1 aliphatic rings. The van der Waals surface area contributed by atoms with Gasteiger partial charge in [-0.2, -0.15) is 0 Å². The minimum atomic E-state index is -0.172. The van der Waals surface area contributed by atoms with Crippen LogP contribution in [0, 0.1) is 6.92 Å². The van der Waals surface area contributed by atoms with Crippen LogP contribution in [-0.2, 0) is 4.74 Å². The molecule has 1 fully saturated rings. The Bertz CT molecular complexity index is 753. The summed E-state index contributed by atoms with van der Waals surface area (Å²) in [5.41, 5.74) is 0.440. The average molecular weight is 333 g/mol. The Hall–Kier alpha value is -2.12. The zero-order valence-electron chi connectivity index (χ0n) is 14.1. The first-order valence-electron chi connectivity index (χ1n) is 8.19. The highest BCUT2D eigenvalue weighted by molar-refractivity contribution is 5.81. The summed E-state index contributed by atoms with van der Waals surface area (Å²) in [6.07, 6.45) is 0.920. The normalized spacial score (nSPS) is 15.6. The van der Waals surface area contributed by atoms with Crippen LogP contribution in [0.2, 0.25) is 0 Å². The predicted octanol–water partition coefficient (Wildman–Crippen LogP) is 1.34. The summed E-state index contributed by atoms with van der Waals surface area (Å²) in [6, 6.07) is 3.45. The number of ether oxygens (including phenoxy) is 3. The van der Waals surface area contributed by atoms with E-state index in [1.807, 2.05) is 0 Å². The number of aryl methyl sites for hydroxylation is 1. The first kappa shape index (κ1) is 16.7. The molecule has 0 unspecified atom stereocenters. The maximum absolute atomic E-state index is 12.0. The standard InChI is InChI=1S/C17H23N3O4/c1-12-18-14-11-16(15(22-2)10-13(14)17(21)19-12)24-7-3-4-20-5-8-23-9-6-20/h10-11H,3-9H2,1-2H3,(H,18,19,21). The molecule has 0 spiro atoms. The number of methoxy groups -OCH3 is 1. The highest BCUT2D eigenvalue weighted by atomic mass is 16.5. The number of nitrogens with one attached hydrogen (secondary N) is 1. The maximum atomic E-state index is 12.0. The smallest absolute Gasteiger partial charge is 0.258 e. The van der Waals surface area contributed by atoms with E-state index >= 15 is 0 Å². The summed E-state index contributed by atoms with van der Waals surface area (Å²) in [5, 5.41) is 0.498. The Morgan fingerprint density at radius 1 is 1.29 bits per heavy atom. The summed E-state index contributed by atoms with van der Waals surface area (Å²) in [6.45, 7) is 6.89. The van der Waals surface area contributed by atoms with Crippen LogP contribution in [0.5, 0.6) is 11.5 Å². The number of morpholine rings is 1. The van der Waals surface area contributed by atoms with Gasteiger partial charge in [0.25, 0.3) is 5.56 Å². The molecule has 0 radical (unpaired) electrons. The second kappa shape index (κ2) is 7.63. The molecule has 0 amide bonds. The molecule has 1 aromatic carbocycles. The first-order valence-corrected chi connectivity index (χ1v) is 8.19. The van der Waals surface area contributed by atoms with Crippen molar-refractivity contribution in [3.63, 3.8) is 0 Å². The number of aromatic amines is 1. The number of H-pyrrole nitrogens is 1. The van der Waals surface area contributed by atoms with Gasteiger partial charge in [0.15, 0.2) is 11.5 Å². The molecule has 1 aliphatic heterocycles. The van der Waals surface area contributed by atoms with Gasteiger partial charge in [0.2, 0.25) is 0 Å². The van der Waals surface area contributed by atoms with Crippen molar-refractivity contribution in [1.82, 2.24) is 14.9 Å². The number of fused-ring (bicyclic) bond motifs is 1. The van der Waals surface area contributed by atoms with Crippen molar-refractivity contribution >= 4 is 10.9 Å². The summed E-state index contributed by atoms with van der Waals surface area (Å²) in [7, 11) is 1.57. The van der Waals surface area contributed by atoms with Crippen LogP contribution in [0.1, 0.15) is 12.2 Å². The van der Waals surface area contributed by atoms with Crippen molar-refractivity contribution in [3.8, 4) is 11.5 Å². The topological polar surface area (TPSA) is 76.7 Å². The lowest BCUT2D eigenvalue weighted by Crippen LogP contribution is -2.37. The first-order chi connectivity index (χ1) is 11.7. The van der Waals surface area contributed by atoms with E-state index in [4.69, 9.17) is 14.2 Å². The maximum Gasteiger partial charge on any atom is 0.258 e. The Morgan fingerprint density at radius 3 is 2.83 bits per heavy atom. The van der Waals surface area contributed by atoms with Gasteiger partial charge < -0.3 is 19.2 Å². The number of rotatable bonds is 6. The van der Waals surface area contributed by atoms with Gasteiger partial charge in [0.05, 0.1) is 37.8 Å². The molecule has 7 heteroatoms. The molecule has 130 valence electrons. The molecule has 1 N–H and O–H groups in total. The Labute approximate surface area is 140 Å². The third-order valence-electron chi connectivity index (χ3n) is 4.09. The average Bonchev–Trinajstić information content (AvgIpc) is 2.59. The van der Waals surface area contributed by atoms with Crippen LogP contribution < -0.4 is 15.0 Å².